The topological polar surface area (TPSA) is 79.3 Å². The van der Waals surface area contributed by atoms with Gasteiger partial charge in [0, 0.05) is 5.92 Å². The zero-order valence-corrected chi connectivity index (χ0v) is 12.4. The summed E-state index contributed by atoms with van der Waals surface area (Å²) in [5.74, 6) is -0.460. The van der Waals surface area contributed by atoms with E-state index in [9.17, 15) is 9.59 Å². The van der Waals surface area contributed by atoms with E-state index >= 15 is 0 Å². The molecule has 2 atom stereocenters. The van der Waals surface area contributed by atoms with E-state index in [0.717, 1.165) is 24.0 Å². The molecule has 0 spiro atoms. The molecular weight excluding hydrogens is 288 g/mol. The van der Waals surface area contributed by atoms with Crippen molar-refractivity contribution in [2.24, 2.45) is 11.8 Å². The Kier molecular flexibility index (Phi) is 3.63. The standard InChI is InChI=1S/C15H16N2O3S/c1-8-3-2-4-10(8)13(18)17-15-16-11-6-5-9(14(19)20)7-12(11)21-15/h5-8,10H,2-4H2,1H3,(H,19,20)(H,16,17,18). The number of hydrogen-bond donors (Lipinski definition) is 2. The van der Waals surface area contributed by atoms with Crippen LogP contribution in [0.4, 0.5) is 5.13 Å². The molecule has 110 valence electrons. The number of nitrogens with zero attached hydrogens (tertiary/aromatic N) is 1. The maximum atomic E-state index is 12.2. The number of carboxylic acid groups (broad SMARTS) is 1. The lowest BCUT2D eigenvalue weighted by atomic mass is 9.97. The van der Waals surface area contributed by atoms with Crippen LogP contribution in [0.25, 0.3) is 10.2 Å². The number of thiazole rings is 1. The highest BCUT2D eigenvalue weighted by Crippen LogP contribution is 2.33. The van der Waals surface area contributed by atoms with Crippen LogP contribution in [0, 0.1) is 11.8 Å². The Morgan fingerprint density at radius 1 is 1.38 bits per heavy atom. The molecule has 6 heteroatoms. The minimum atomic E-state index is -0.962. The number of nitrogens with one attached hydrogen (secondary N) is 1. The maximum absolute atomic E-state index is 12.2. The molecule has 1 saturated carbocycles. The summed E-state index contributed by atoms with van der Waals surface area (Å²) in [5, 5.41) is 12.4. The van der Waals surface area contributed by atoms with Crippen LogP contribution in [-0.2, 0) is 4.79 Å². The normalized spacial score (nSPS) is 21.6. The van der Waals surface area contributed by atoms with Crippen LogP contribution in [0.5, 0.6) is 0 Å². The van der Waals surface area contributed by atoms with E-state index in [-0.39, 0.29) is 17.4 Å². The zero-order valence-electron chi connectivity index (χ0n) is 11.6. The number of aromatic carboxylic acids is 1. The van der Waals surface area contributed by atoms with Crippen molar-refractivity contribution in [2.45, 2.75) is 26.2 Å². The third-order valence-corrected chi connectivity index (χ3v) is 5.00. The molecule has 0 radical (unpaired) electrons. The van der Waals surface area contributed by atoms with Crippen LogP contribution in [0.2, 0.25) is 0 Å². The van der Waals surface area contributed by atoms with Gasteiger partial charge >= 0.3 is 5.97 Å². The molecular formula is C15H16N2O3S. The number of amides is 1. The van der Waals surface area contributed by atoms with Gasteiger partial charge in [-0.25, -0.2) is 9.78 Å². The van der Waals surface area contributed by atoms with Crippen LogP contribution in [0.15, 0.2) is 18.2 Å². The Labute approximate surface area is 126 Å². The molecule has 2 unspecified atom stereocenters. The SMILES string of the molecule is CC1CCCC1C(=O)Nc1nc2ccc(C(=O)O)cc2s1. The van der Waals surface area contributed by atoms with Crippen LogP contribution in [-0.4, -0.2) is 22.0 Å². The van der Waals surface area contributed by atoms with Crippen LogP contribution >= 0.6 is 11.3 Å². The van der Waals surface area contributed by atoms with E-state index in [1.54, 1.807) is 12.1 Å². The van der Waals surface area contributed by atoms with E-state index in [0.29, 0.717) is 16.6 Å². The lowest BCUT2D eigenvalue weighted by Gasteiger charge is -2.13. The summed E-state index contributed by atoms with van der Waals surface area (Å²) < 4.78 is 0.768. The summed E-state index contributed by atoms with van der Waals surface area (Å²) in [4.78, 5) is 27.5. The van der Waals surface area contributed by atoms with Gasteiger partial charge in [-0.3, -0.25) is 4.79 Å². The predicted octanol–water partition coefficient (Wildman–Crippen LogP) is 3.37. The fourth-order valence-electron chi connectivity index (χ4n) is 2.84. The van der Waals surface area contributed by atoms with Gasteiger partial charge in [0.25, 0.3) is 0 Å². The minimum absolute atomic E-state index is 0.0255. The zero-order chi connectivity index (χ0) is 15.0. The first-order valence-corrected chi connectivity index (χ1v) is 7.81. The smallest absolute Gasteiger partial charge is 0.335 e. The van der Waals surface area contributed by atoms with Gasteiger partial charge in [0.1, 0.15) is 0 Å². The van der Waals surface area contributed by atoms with E-state index in [1.165, 1.54) is 17.4 Å². The molecule has 21 heavy (non-hydrogen) atoms. The average molecular weight is 304 g/mol. The second-order valence-corrected chi connectivity index (χ2v) is 6.54. The predicted molar refractivity (Wildman–Crippen MR) is 81.7 cm³/mol. The highest BCUT2D eigenvalue weighted by Gasteiger charge is 2.30. The van der Waals surface area contributed by atoms with Gasteiger partial charge in [0.2, 0.25) is 5.91 Å². The summed E-state index contributed by atoms with van der Waals surface area (Å²) >= 11 is 1.31. The molecule has 0 bridgehead atoms. The molecule has 1 aliphatic rings. The first-order valence-electron chi connectivity index (χ1n) is 6.99. The second-order valence-electron chi connectivity index (χ2n) is 5.51. The van der Waals surface area contributed by atoms with E-state index in [2.05, 4.69) is 17.2 Å². The minimum Gasteiger partial charge on any atom is -0.478 e. The summed E-state index contributed by atoms with van der Waals surface area (Å²) in [6.07, 6.45) is 3.13. The molecule has 1 aromatic carbocycles. The number of carbonyl (C=O) groups is 2. The van der Waals surface area contributed by atoms with Crippen molar-refractivity contribution in [2.75, 3.05) is 5.32 Å². The van der Waals surface area contributed by atoms with Gasteiger partial charge in [0.05, 0.1) is 15.8 Å². The molecule has 0 aliphatic heterocycles. The molecule has 3 rings (SSSR count). The number of hydrogen-bond acceptors (Lipinski definition) is 4. The van der Waals surface area contributed by atoms with Gasteiger partial charge in [0.15, 0.2) is 5.13 Å². The van der Waals surface area contributed by atoms with Gasteiger partial charge in [-0.05, 0) is 37.0 Å². The first kappa shape index (κ1) is 14.0. The van der Waals surface area contributed by atoms with E-state index < -0.39 is 5.97 Å². The lowest BCUT2D eigenvalue weighted by molar-refractivity contribution is -0.120. The molecule has 5 nitrogen and oxygen atoms in total. The van der Waals surface area contributed by atoms with Crippen molar-refractivity contribution in [1.29, 1.82) is 0 Å². The van der Waals surface area contributed by atoms with Gasteiger partial charge < -0.3 is 10.4 Å². The molecule has 1 aliphatic carbocycles. The number of benzene rings is 1. The number of anilines is 1. The van der Waals surface area contributed by atoms with Crippen molar-refractivity contribution in [1.82, 2.24) is 4.98 Å². The number of carboxylic acids is 1. The third-order valence-electron chi connectivity index (χ3n) is 4.06. The molecule has 1 fully saturated rings. The summed E-state index contributed by atoms with van der Waals surface area (Å²) in [5.41, 5.74) is 0.938. The number of aromatic nitrogens is 1. The van der Waals surface area contributed by atoms with Gasteiger partial charge in [-0.1, -0.05) is 24.7 Å². The number of fused-ring (bicyclic) bond motifs is 1. The first-order chi connectivity index (χ1) is 10.0. The second kappa shape index (κ2) is 5.44. The van der Waals surface area contributed by atoms with Gasteiger partial charge in [-0.15, -0.1) is 0 Å². The Hall–Kier alpha value is -1.95. The fourth-order valence-corrected chi connectivity index (χ4v) is 3.75. The van der Waals surface area contributed by atoms with Crippen molar-refractivity contribution in [3.8, 4) is 0 Å². The van der Waals surface area contributed by atoms with Crippen molar-refractivity contribution in [3.05, 3.63) is 23.8 Å². The largest absolute Gasteiger partial charge is 0.478 e. The Bertz CT molecular complexity index is 710. The highest BCUT2D eigenvalue weighted by molar-refractivity contribution is 7.22. The quantitative estimate of drug-likeness (QED) is 0.911. The molecule has 2 N–H and O–H groups in total. The van der Waals surface area contributed by atoms with Crippen molar-refractivity contribution in [3.63, 3.8) is 0 Å². The molecule has 1 amide bonds. The summed E-state index contributed by atoms with van der Waals surface area (Å²) in [7, 11) is 0. The number of carbonyl (C=O) groups excluding carboxylic acids is 1. The van der Waals surface area contributed by atoms with E-state index in [4.69, 9.17) is 5.11 Å². The summed E-state index contributed by atoms with van der Waals surface area (Å²) in [6.45, 7) is 2.11. The molecule has 0 saturated heterocycles. The van der Waals surface area contributed by atoms with Crippen LogP contribution in [0.3, 0.4) is 0 Å². The lowest BCUT2D eigenvalue weighted by Crippen LogP contribution is -2.24. The third kappa shape index (κ3) is 2.76. The van der Waals surface area contributed by atoms with E-state index in [1.807, 2.05) is 0 Å². The van der Waals surface area contributed by atoms with Gasteiger partial charge in [-0.2, -0.15) is 0 Å². The average Bonchev–Trinajstić information content (AvgIpc) is 3.02. The number of rotatable bonds is 3. The maximum Gasteiger partial charge on any atom is 0.335 e. The van der Waals surface area contributed by atoms with Crippen molar-refractivity contribution < 1.29 is 14.7 Å². The summed E-state index contributed by atoms with van der Waals surface area (Å²) in [6, 6.07) is 4.78. The monoisotopic (exact) mass is 304 g/mol. The van der Waals surface area contributed by atoms with Crippen LogP contribution < -0.4 is 5.32 Å². The Morgan fingerprint density at radius 3 is 2.86 bits per heavy atom. The fraction of sp³-hybridized carbons (Fsp3) is 0.400. The molecule has 1 aromatic heterocycles. The molecule has 2 aromatic rings. The van der Waals surface area contributed by atoms with Crippen LogP contribution in [0.1, 0.15) is 36.5 Å². The highest BCUT2D eigenvalue weighted by atomic mass is 32.1. The Balaban J connectivity index is 1.81. The Morgan fingerprint density at radius 2 is 2.19 bits per heavy atom. The molecule has 1 heterocycles. The van der Waals surface area contributed by atoms with Crippen molar-refractivity contribution >= 4 is 38.6 Å².